The Labute approximate surface area is 144 Å². The average Bonchev–Trinajstić information content (AvgIpc) is 2.87. The van der Waals surface area contributed by atoms with E-state index in [1.807, 2.05) is 18.2 Å². The van der Waals surface area contributed by atoms with Crippen molar-refractivity contribution in [2.75, 3.05) is 31.1 Å². The van der Waals surface area contributed by atoms with E-state index in [4.69, 9.17) is 0 Å². The molecule has 0 radical (unpaired) electrons. The highest BCUT2D eigenvalue weighted by molar-refractivity contribution is 5.94. The standard InChI is InChI=1S/C18H18FN3O3/c19-15-7-8-16(22(24)25)17(13-15)20-9-4-10-21(12-11-20)18(23)14-5-2-1-3-6-14/h1-3,5-8,13H,4,9-12H2. The van der Waals surface area contributed by atoms with Crippen LogP contribution < -0.4 is 4.90 Å². The van der Waals surface area contributed by atoms with Gasteiger partial charge < -0.3 is 9.80 Å². The van der Waals surface area contributed by atoms with E-state index in [1.54, 1.807) is 21.9 Å². The molecule has 1 aliphatic rings. The van der Waals surface area contributed by atoms with Gasteiger partial charge in [0.25, 0.3) is 11.6 Å². The van der Waals surface area contributed by atoms with Crippen molar-refractivity contribution in [3.05, 3.63) is 70.0 Å². The average molecular weight is 343 g/mol. The molecule has 1 aliphatic heterocycles. The second kappa shape index (κ2) is 7.29. The van der Waals surface area contributed by atoms with Crippen LogP contribution in [-0.2, 0) is 0 Å². The second-order valence-electron chi connectivity index (χ2n) is 5.89. The van der Waals surface area contributed by atoms with Gasteiger partial charge in [-0.05, 0) is 24.6 Å². The summed E-state index contributed by atoms with van der Waals surface area (Å²) in [5.41, 5.74) is 0.760. The zero-order valence-corrected chi connectivity index (χ0v) is 13.6. The van der Waals surface area contributed by atoms with Crippen LogP contribution in [0.3, 0.4) is 0 Å². The molecular weight excluding hydrogens is 325 g/mol. The van der Waals surface area contributed by atoms with Gasteiger partial charge in [0, 0.05) is 43.9 Å². The number of hydrogen-bond donors (Lipinski definition) is 0. The van der Waals surface area contributed by atoms with Crippen LogP contribution in [0.4, 0.5) is 15.8 Å². The summed E-state index contributed by atoms with van der Waals surface area (Å²) in [5, 5.41) is 11.2. The lowest BCUT2D eigenvalue weighted by atomic mass is 10.2. The molecular formula is C18H18FN3O3. The number of rotatable bonds is 3. The number of nitro benzene ring substituents is 1. The molecule has 0 atom stereocenters. The first kappa shape index (κ1) is 16.9. The molecule has 1 heterocycles. The van der Waals surface area contributed by atoms with Gasteiger partial charge in [0.1, 0.15) is 11.5 Å². The number of nitrogens with zero attached hydrogens (tertiary/aromatic N) is 3. The molecule has 0 aromatic heterocycles. The summed E-state index contributed by atoms with van der Waals surface area (Å²) < 4.78 is 13.6. The van der Waals surface area contributed by atoms with Crippen molar-refractivity contribution in [1.29, 1.82) is 0 Å². The van der Waals surface area contributed by atoms with E-state index in [1.165, 1.54) is 12.1 Å². The minimum absolute atomic E-state index is 0.0591. The van der Waals surface area contributed by atoms with Crippen LogP contribution in [0.2, 0.25) is 0 Å². The van der Waals surface area contributed by atoms with Gasteiger partial charge in [-0.15, -0.1) is 0 Å². The van der Waals surface area contributed by atoms with Crippen molar-refractivity contribution >= 4 is 17.3 Å². The van der Waals surface area contributed by atoms with Gasteiger partial charge in [0.05, 0.1) is 4.92 Å². The predicted molar refractivity (Wildman–Crippen MR) is 92.2 cm³/mol. The molecule has 0 unspecified atom stereocenters. The van der Waals surface area contributed by atoms with Crippen molar-refractivity contribution in [3.63, 3.8) is 0 Å². The highest BCUT2D eigenvalue weighted by Crippen LogP contribution is 2.29. The van der Waals surface area contributed by atoms with Crippen molar-refractivity contribution in [2.45, 2.75) is 6.42 Å². The van der Waals surface area contributed by atoms with Crippen LogP contribution in [0.15, 0.2) is 48.5 Å². The van der Waals surface area contributed by atoms with Crippen LogP contribution in [0, 0.1) is 15.9 Å². The number of carbonyl (C=O) groups is 1. The van der Waals surface area contributed by atoms with Crippen LogP contribution in [0.1, 0.15) is 16.8 Å². The van der Waals surface area contributed by atoms with Crippen LogP contribution in [-0.4, -0.2) is 41.9 Å². The Morgan fingerprint density at radius 3 is 2.52 bits per heavy atom. The van der Waals surface area contributed by atoms with Gasteiger partial charge in [0.2, 0.25) is 0 Å². The minimum atomic E-state index is -0.512. The lowest BCUT2D eigenvalue weighted by molar-refractivity contribution is -0.384. The van der Waals surface area contributed by atoms with E-state index in [-0.39, 0.29) is 17.3 Å². The Morgan fingerprint density at radius 2 is 1.80 bits per heavy atom. The van der Waals surface area contributed by atoms with Gasteiger partial charge in [-0.1, -0.05) is 18.2 Å². The Kier molecular flexibility index (Phi) is 4.92. The highest BCUT2D eigenvalue weighted by Gasteiger charge is 2.25. The molecule has 0 spiro atoms. The monoisotopic (exact) mass is 343 g/mol. The van der Waals surface area contributed by atoms with Gasteiger partial charge in [-0.3, -0.25) is 14.9 Å². The highest BCUT2D eigenvalue weighted by atomic mass is 19.1. The normalized spacial score (nSPS) is 14.9. The van der Waals surface area contributed by atoms with Gasteiger partial charge >= 0.3 is 0 Å². The largest absolute Gasteiger partial charge is 0.364 e. The first-order chi connectivity index (χ1) is 12.1. The quantitative estimate of drug-likeness (QED) is 0.634. The van der Waals surface area contributed by atoms with Crippen LogP contribution in [0.25, 0.3) is 0 Å². The molecule has 1 amide bonds. The third-order valence-corrected chi connectivity index (χ3v) is 4.28. The fourth-order valence-electron chi connectivity index (χ4n) is 3.03. The summed E-state index contributed by atoms with van der Waals surface area (Å²) in [7, 11) is 0. The summed E-state index contributed by atoms with van der Waals surface area (Å²) >= 11 is 0. The van der Waals surface area contributed by atoms with E-state index >= 15 is 0 Å². The summed E-state index contributed by atoms with van der Waals surface area (Å²) in [6.07, 6.45) is 0.659. The lowest BCUT2D eigenvalue weighted by Gasteiger charge is -2.23. The maximum atomic E-state index is 13.6. The first-order valence-corrected chi connectivity index (χ1v) is 8.09. The van der Waals surface area contributed by atoms with Crippen molar-refractivity contribution in [3.8, 4) is 0 Å². The molecule has 3 rings (SSSR count). The first-order valence-electron chi connectivity index (χ1n) is 8.09. The van der Waals surface area contributed by atoms with Gasteiger partial charge in [0.15, 0.2) is 0 Å². The SMILES string of the molecule is O=C(c1ccccc1)N1CCCN(c2cc(F)ccc2[N+](=O)[O-])CC1. The molecule has 0 saturated carbocycles. The van der Waals surface area contributed by atoms with E-state index < -0.39 is 10.7 Å². The molecule has 25 heavy (non-hydrogen) atoms. The summed E-state index contributed by atoms with van der Waals surface area (Å²) in [6, 6.07) is 12.5. The molecule has 6 nitrogen and oxygen atoms in total. The predicted octanol–water partition coefficient (Wildman–Crippen LogP) is 3.09. The smallest absolute Gasteiger partial charge is 0.292 e. The third-order valence-electron chi connectivity index (χ3n) is 4.28. The number of anilines is 1. The number of carbonyl (C=O) groups excluding carboxylic acids is 1. The molecule has 0 aliphatic carbocycles. The molecule has 1 saturated heterocycles. The molecule has 0 N–H and O–H groups in total. The maximum absolute atomic E-state index is 13.6. The van der Waals surface area contributed by atoms with Crippen molar-refractivity contribution in [1.82, 2.24) is 4.90 Å². The molecule has 130 valence electrons. The van der Waals surface area contributed by atoms with Gasteiger partial charge in [-0.2, -0.15) is 0 Å². The van der Waals surface area contributed by atoms with Crippen LogP contribution in [0.5, 0.6) is 0 Å². The van der Waals surface area contributed by atoms with Crippen LogP contribution >= 0.6 is 0 Å². The second-order valence-corrected chi connectivity index (χ2v) is 5.89. The summed E-state index contributed by atoms with van der Waals surface area (Å²) in [4.78, 5) is 26.8. The minimum Gasteiger partial charge on any atom is -0.364 e. The Morgan fingerprint density at radius 1 is 1.04 bits per heavy atom. The molecule has 7 heteroatoms. The summed E-state index contributed by atoms with van der Waals surface area (Å²) in [6.45, 7) is 1.94. The lowest BCUT2D eigenvalue weighted by Crippen LogP contribution is -2.35. The molecule has 1 fully saturated rings. The molecule has 2 aromatic carbocycles. The van der Waals surface area contributed by atoms with Crippen molar-refractivity contribution in [2.24, 2.45) is 0 Å². The molecule has 0 bridgehead atoms. The van der Waals surface area contributed by atoms with E-state index in [2.05, 4.69) is 0 Å². The maximum Gasteiger partial charge on any atom is 0.292 e. The number of amides is 1. The fraction of sp³-hybridized carbons (Fsp3) is 0.278. The number of hydrogen-bond acceptors (Lipinski definition) is 4. The number of benzene rings is 2. The van der Waals surface area contributed by atoms with E-state index in [0.29, 0.717) is 38.2 Å². The van der Waals surface area contributed by atoms with Crippen molar-refractivity contribution < 1.29 is 14.1 Å². The Bertz CT molecular complexity index is 782. The topological polar surface area (TPSA) is 66.7 Å². The number of nitro groups is 1. The van der Waals surface area contributed by atoms with E-state index in [0.717, 1.165) is 6.07 Å². The Hall–Kier alpha value is -2.96. The van der Waals surface area contributed by atoms with E-state index in [9.17, 15) is 19.3 Å². The molecule has 2 aromatic rings. The fourth-order valence-corrected chi connectivity index (χ4v) is 3.03. The number of halogens is 1. The zero-order chi connectivity index (χ0) is 17.8. The Balaban J connectivity index is 1.77. The van der Waals surface area contributed by atoms with Gasteiger partial charge in [-0.25, -0.2) is 4.39 Å². The zero-order valence-electron chi connectivity index (χ0n) is 13.6. The summed E-state index contributed by atoms with van der Waals surface area (Å²) in [5.74, 6) is -0.571. The third kappa shape index (κ3) is 3.76.